The number of aromatic nitrogens is 2. The van der Waals surface area contributed by atoms with Crippen molar-refractivity contribution < 1.29 is 0 Å². The molecular formula is C13H25N3. The van der Waals surface area contributed by atoms with Crippen molar-refractivity contribution in [2.45, 2.75) is 53.1 Å². The van der Waals surface area contributed by atoms with Gasteiger partial charge in [0.1, 0.15) is 0 Å². The fourth-order valence-corrected chi connectivity index (χ4v) is 2.23. The molecule has 0 bridgehead atoms. The van der Waals surface area contributed by atoms with Crippen molar-refractivity contribution in [3.8, 4) is 0 Å². The summed E-state index contributed by atoms with van der Waals surface area (Å²) in [6, 6.07) is 0.566. The fraction of sp³-hybridized carbons (Fsp3) is 0.769. The minimum atomic E-state index is 0.323. The highest BCUT2D eigenvalue weighted by atomic mass is 15.3. The van der Waals surface area contributed by atoms with Gasteiger partial charge in [0.15, 0.2) is 0 Å². The molecule has 0 saturated carbocycles. The summed E-state index contributed by atoms with van der Waals surface area (Å²) in [5.74, 6) is 0. The molecule has 0 spiro atoms. The van der Waals surface area contributed by atoms with Gasteiger partial charge >= 0.3 is 0 Å². The van der Waals surface area contributed by atoms with Crippen LogP contribution >= 0.6 is 0 Å². The second kappa shape index (κ2) is 5.48. The maximum atomic E-state index is 4.32. The van der Waals surface area contributed by atoms with Crippen molar-refractivity contribution >= 4 is 0 Å². The Morgan fingerprint density at radius 1 is 1.50 bits per heavy atom. The van der Waals surface area contributed by atoms with Gasteiger partial charge < -0.3 is 5.32 Å². The molecule has 16 heavy (non-hydrogen) atoms. The van der Waals surface area contributed by atoms with Gasteiger partial charge in [-0.25, -0.2) is 0 Å². The standard InChI is InChI=1S/C13H25N3/c1-6-16-10-12(9-15-16)8-13(3,4)7-11(2)14-5/h9-11,14H,6-8H2,1-5H3. The van der Waals surface area contributed by atoms with Crippen molar-refractivity contribution in [1.29, 1.82) is 0 Å². The molecule has 1 heterocycles. The van der Waals surface area contributed by atoms with Crippen LogP contribution in [0.3, 0.4) is 0 Å². The number of nitrogens with zero attached hydrogens (tertiary/aromatic N) is 2. The fourth-order valence-electron chi connectivity index (χ4n) is 2.23. The molecule has 0 radical (unpaired) electrons. The highest BCUT2D eigenvalue weighted by molar-refractivity contribution is 5.06. The molecule has 1 N–H and O–H groups in total. The van der Waals surface area contributed by atoms with Gasteiger partial charge in [-0.1, -0.05) is 13.8 Å². The lowest BCUT2D eigenvalue weighted by atomic mass is 9.81. The van der Waals surface area contributed by atoms with Gasteiger partial charge in [0.05, 0.1) is 6.20 Å². The molecule has 1 atom stereocenters. The summed E-state index contributed by atoms with van der Waals surface area (Å²) in [6.07, 6.45) is 6.43. The van der Waals surface area contributed by atoms with E-state index < -0.39 is 0 Å². The summed E-state index contributed by atoms with van der Waals surface area (Å²) < 4.78 is 1.99. The van der Waals surface area contributed by atoms with Gasteiger partial charge in [0, 0.05) is 18.8 Å². The molecule has 0 aliphatic rings. The van der Waals surface area contributed by atoms with Gasteiger partial charge in [0.2, 0.25) is 0 Å². The second-order valence-electron chi connectivity index (χ2n) is 5.44. The Labute approximate surface area is 99.2 Å². The van der Waals surface area contributed by atoms with E-state index in [1.807, 2.05) is 17.9 Å². The van der Waals surface area contributed by atoms with Gasteiger partial charge in [-0.3, -0.25) is 4.68 Å². The van der Waals surface area contributed by atoms with Crippen LogP contribution in [0, 0.1) is 5.41 Å². The highest BCUT2D eigenvalue weighted by Crippen LogP contribution is 2.27. The third-order valence-electron chi connectivity index (χ3n) is 3.04. The van der Waals surface area contributed by atoms with Gasteiger partial charge in [-0.05, 0) is 44.7 Å². The molecule has 0 fully saturated rings. The SMILES string of the molecule is CCn1cc(CC(C)(C)CC(C)NC)cn1. The number of nitrogens with one attached hydrogen (secondary N) is 1. The maximum absolute atomic E-state index is 4.32. The molecule has 1 rings (SSSR count). The van der Waals surface area contributed by atoms with Crippen molar-refractivity contribution in [1.82, 2.24) is 15.1 Å². The van der Waals surface area contributed by atoms with E-state index in [1.54, 1.807) is 0 Å². The zero-order valence-corrected chi connectivity index (χ0v) is 11.2. The first-order valence-electron chi connectivity index (χ1n) is 6.15. The lowest BCUT2D eigenvalue weighted by Crippen LogP contribution is -2.29. The van der Waals surface area contributed by atoms with E-state index in [9.17, 15) is 0 Å². The van der Waals surface area contributed by atoms with Crippen molar-refractivity contribution in [2.75, 3.05) is 7.05 Å². The molecule has 1 aromatic rings. The third kappa shape index (κ3) is 3.97. The van der Waals surface area contributed by atoms with Crippen LogP contribution in [-0.2, 0) is 13.0 Å². The minimum Gasteiger partial charge on any atom is -0.317 e. The average molecular weight is 223 g/mol. The van der Waals surface area contributed by atoms with Crippen molar-refractivity contribution in [2.24, 2.45) is 5.41 Å². The molecule has 3 heteroatoms. The van der Waals surface area contributed by atoms with Crippen LogP contribution < -0.4 is 5.32 Å². The first kappa shape index (κ1) is 13.2. The first-order chi connectivity index (χ1) is 7.46. The van der Waals surface area contributed by atoms with E-state index in [4.69, 9.17) is 0 Å². The summed E-state index contributed by atoms with van der Waals surface area (Å²) in [5.41, 5.74) is 1.67. The zero-order chi connectivity index (χ0) is 12.2. The predicted molar refractivity (Wildman–Crippen MR) is 68.5 cm³/mol. The van der Waals surface area contributed by atoms with Crippen LogP contribution in [0.5, 0.6) is 0 Å². The van der Waals surface area contributed by atoms with Crippen LogP contribution in [0.25, 0.3) is 0 Å². The number of aryl methyl sites for hydroxylation is 1. The summed E-state index contributed by atoms with van der Waals surface area (Å²) >= 11 is 0. The van der Waals surface area contributed by atoms with Crippen LogP contribution in [0.2, 0.25) is 0 Å². The number of rotatable bonds is 6. The first-order valence-corrected chi connectivity index (χ1v) is 6.15. The quantitative estimate of drug-likeness (QED) is 0.803. The Hall–Kier alpha value is -0.830. The monoisotopic (exact) mass is 223 g/mol. The Morgan fingerprint density at radius 3 is 2.69 bits per heavy atom. The van der Waals surface area contributed by atoms with Crippen molar-refractivity contribution in [3.63, 3.8) is 0 Å². The van der Waals surface area contributed by atoms with Gasteiger partial charge in [-0.2, -0.15) is 5.10 Å². The molecule has 1 aromatic heterocycles. The largest absolute Gasteiger partial charge is 0.317 e. The molecular weight excluding hydrogens is 198 g/mol. The zero-order valence-electron chi connectivity index (χ0n) is 11.2. The Bertz CT molecular complexity index is 315. The summed E-state index contributed by atoms with van der Waals surface area (Å²) in [7, 11) is 2.02. The summed E-state index contributed by atoms with van der Waals surface area (Å²) in [4.78, 5) is 0. The normalized spacial score (nSPS) is 14.1. The summed E-state index contributed by atoms with van der Waals surface area (Å²) in [6.45, 7) is 9.95. The average Bonchev–Trinajstić information content (AvgIpc) is 2.63. The summed E-state index contributed by atoms with van der Waals surface area (Å²) in [5, 5.41) is 7.62. The van der Waals surface area contributed by atoms with E-state index >= 15 is 0 Å². The lowest BCUT2D eigenvalue weighted by molar-refractivity contribution is 0.293. The van der Waals surface area contributed by atoms with E-state index in [-0.39, 0.29) is 0 Å². The van der Waals surface area contributed by atoms with Crippen LogP contribution in [0.15, 0.2) is 12.4 Å². The molecule has 1 unspecified atom stereocenters. The van der Waals surface area contributed by atoms with E-state index in [0.717, 1.165) is 13.0 Å². The molecule has 3 nitrogen and oxygen atoms in total. The Kier molecular flexibility index (Phi) is 4.54. The van der Waals surface area contributed by atoms with E-state index in [1.165, 1.54) is 12.0 Å². The molecule has 0 aromatic carbocycles. The highest BCUT2D eigenvalue weighted by Gasteiger charge is 2.21. The molecule has 0 aliphatic heterocycles. The van der Waals surface area contributed by atoms with Gasteiger partial charge in [-0.15, -0.1) is 0 Å². The topological polar surface area (TPSA) is 29.9 Å². The Balaban J connectivity index is 2.57. The maximum Gasteiger partial charge on any atom is 0.0521 e. The third-order valence-corrected chi connectivity index (χ3v) is 3.04. The molecule has 0 saturated heterocycles. The van der Waals surface area contributed by atoms with E-state index in [2.05, 4.69) is 44.3 Å². The Morgan fingerprint density at radius 2 is 2.19 bits per heavy atom. The lowest BCUT2D eigenvalue weighted by Gasteiger charge is -2.27. The number of hydrogen-bond acceptors (Lipinski definition) is 2. The van der Waals surface area contributed by atoms with Crippen LogP contribution in [-0.4, -0.2) is 22.9 Å². The molecule has 0 amide bonds. The smallest absolute Gasteiger partial charge is 0.0521 e. The van der Waals surface area contributed by atoms with E-state index in [0.29, 0.717) is 11.5 Å². The second-order valence-corrected chi connectivity index (χ2v) is 5.44. The van der Waals surface area contributed by atoms with Crippen LogP contribution in [0.1, 0.15) is 39.7 Å². The van der Waals surface area contributed by atoms with Crippen molar-refractivity contribution in [3.05, 3.63) is 18.0 Å². The minimum absolute atomic E-state index is 0.323. The predicted octanol–water partition coefficient (Wildman–Crippen LogP) is 2.47. The number of hydrogen-bond donors (Lipinski definition) is 1. The van der Waals surface area contributed by atoms with Gasteiger partial charge in [0.25, 0.3) is 0 Å². The molecule has 0 aliphatic carbocycles. The van der Waals surface area contributed by atoms with Crippen LogP contribution in [0.4, 0.5) is 0 Å². The molecule has 92 valence electrons.